The van der Waals surface area contributed by atoms with Gasteiger partial charge in [-0.25, -0.2) is 16.8 Å². The van der Waals surface area contributed by atoms with E-state index in [0.717, 1.165) is 4.13 Å². The molecule has 150 valence electrons. The number of hydrogen-bond acceptors (Lipinski definition) is 4. The minimum absolute atomic E-state index is 0. The molecular formula is C13H13F6NO4S2Ti+2. The molecule has 27 heavy (non-hydrogen) atoms. The second-order valence-electron chi connectivity index (χ2n) is 3.84. The van der Waals surface area contributed by atoms with Crippen molar-refractivity contribution in [2.24, 2.45) is 0 Å². The second-order valence-corrected chi connectivity index (χ2v) is 7.26. The normalized spacial score (nSPS) is 17.4. The Balaban J connectivity index is -0.000000389. The smallest absolute Gasteiger partial charge is 0.421 e. The van der Waals surface area contributed by atoms with E-state index in [9.17, 15) is 43.2 Å². The Kier molecular flexibility index (Phi) is 15.8. The van der Waals surface area contributed by atoms with Crippen molar-refractivity contribution in [1.29, 1.82) is 0 Å². The fraction of sp³-hybridized carbons (Fsp3) is 0.154. The zero-order valence-corrected chi connectivity index (χ0v) is 16.6. The first-order valence-electron chi connectivity index (χ1n) is 5.91. The molecule has 0 aliphatic heterocycles. The van der Waals surface area contributed by atoms with Gasteiger partial charge in [-0.05, 0) is 64.2 Å². The van der Waals surface area contributed by atoms with Gasteiger partial charge in [0.05, 0.1) is 0 Å². The van der Waals surface area contributed by atoms with Gasteiger partial charge in [-0.15, -0.1) is 0 Å². The summed E-state index contributed by atoms with van der Waals surface area (Å²) in [5.41, 5.74) is -12.4. The number of nitrogens with zero attached hydrogens (tertiary/aromatic N) is 1. The van der Waals surface area contributed by atoms with E-state index >= 15 is 0 Å². The molecule has 5 nitrogen and oxygen atoms in total. The first kappa shape index (κ1) is 31.8. The molecule has 2 fully saturated rings. The van der Waals surface area contributed by atoms with Gasteiger partial charge in [-0.3, -0.25) is 0 Å². The number of halogens is 6. The summed E-state index contributed by atoms with van der Waals surface area (Å²) in [7, 11) is -13.4. The second kappa shape index (κ2) is 13.4. The third-order valence-electron chi connectivity index (χ3n) is 1.89. The van der Waals surface area contributed by atoms with Gasteiger partial charge in [0, 0.05) is 0 Å². The Morgan fingerprint density at radius 2 is 0.667 bits per heavy atom. The molecule has 0 aromatic rings. The summed E-state index contributed by atoms with van der Waals surface area (Å²) < 4.78 is 109. The molecule has 0 aromatic heterocycles. The average molecular weight is 473 g/mol. The van der Waals surface area contributed by atoms with Gasteiger partial charge in [-0.2, -0.15) is 26.3 Å². The van der Waals surface area contributed by atoms with Gasteiger partial charge < -0.3 is 11.6 Å². The molecule has 0 saturated heterocycles. The van der Waals surface area contributed by atoms with Crippen LogP contribution in [0.1, 0.15) is 0 Å². The molecule has 0 atom stereocenters. The maximum absolute atomic E-state index is 11.4. The summed E-state index contributed by atoms with van der Waals surface area (Å²) in [6, 6.07) is 0. The molecule has 0 spiro atoms. The zero-order valence-electron chi connectivity index (χ0n) is 13.4. The Labute approximate surface area is 171 Å². The molecule has 10 radical (unpaired) electrons. The van der Waals surface area contributed by atoms with E-state index in [1.165, 1.54) is 0 Å². The van der Waals surface area contributed by atoms with Crippen LogP contribution >= 0.6 is 0 Å². The van der Waals surface area contributed by atoms with Crippen LogP contribution in [0.2, 0.25) is 0 Å². The van der Waals surface area contributed by atoms with Gasteiger partial charge in [0.2, 0.25) is 0 Å². The van der Waals surface area contributed by atoms with Crippen molar-refractivity contribution < 1.29 is 64.9 Å². The first-order chi connectivity index (χ1) is 11.2. The fourth-order valence-corrected chi connectivity index (χ4v) is 2.56. The third kappa shape index (κ3) is 13.1. The van der Waals surface area contributed by atoms with Crippen LogP contribution in [0.3, 0.4) is 0 Å². The van der Waals surface area contributed by atoms with Gasteiger partial charge in [-0.1, -0.05) is 0 Å². The monoisotopic (exact) mass is 473 g/mol. The molecule has 0 N–H and O–H groups in total. The van der Waals surface area contributed by atoms with E-state index in [4.69, 9.17) is 0 Å². The average Bonchev–Trinajstić information content (AvgIpc) is 3.15. The van der Waals surface area contributed by atoms with Crippen LogP contribution < -0.4 is 0 Å². The molecule has 2 aliphatic carbocycles. The van der Waals surface area contributed by atoms with E-state index in [1.807, 2.05) is 64.2 Å². The van der Waals surface area contributed by atoms with Crippen LogP contribution in [-0.4, -0.2) is 27.9 Å². The number of hydrogen-bond donors (Lipinski definition) is 0. The summed E-state index contributed by atoms with van der Waals surface area (Å²) >= 11 is 0. The van der Waals surface area contributed by atoms with Gasteiger partial charge in [0.25, 0.3) is 0 Å². The summed E-state index contributed by atoms with van der Waals surface area (Å²) in [5, 5.41) is 0. The van der Waals surface area contributed by atoms with Crippen molar-refractivity contribution in [3.63, 3.8) is 0 Å². The molecule has 0 bridgehead atoms. The first-order valence-corrected chi connectivity index (χ1v) is 8.79. The van der Waals surface area contributed by atoms with Gasteiger partial charge in [0.1, 0.15) is 0 Å². The third-order valence-corrected chi connectivity index (χ3v) is 4.63. The van der Waals surface area contributed by atoms with Crippen LogP contribution in [0.5, 0.6) is 0 Å². The van der Waals surface area contributed by atoms with Crippen LogP contribution in [0.25, 0.3) is 4.13 Å². The molecule has 2 rings (SSSR count). The Morgan fingerprint density at radius 1 is 0.519 bits per heavy atom. The van der Waals surface area contributed by atoms with Crippen molar-refractivity contribution in [2.75, 3.05) is 0 Å². The zero-order chi connectivity index (χ0) is 19.8. The van der Waals surface area contributed by atoms with Crippen molar-refractivity contribution in [2.45, 2.75) is 11.0 Å². The molecule has 14 heteroatoms. The van der Waals surface area contributed by atoms with Crippen LogP contribution in [0.4, 0.5) is 26.3 Å². The van der Waals surface area contributed by atoms with Crippen LogP contribution in [-0.2, 0) is 41.8 Å². The van der Waals surface area contributed by atoms with Crippen molar-refractivity contribution >= 4 is 20.0 Å². The van der Waals surface area contributed by atoms with E-state index in [0.29, 0.717) is 0 Å². The summed E-state index contributed by atoms with van der Waals surface area (Å²) in [6.07, 6.45) is 20.0. The molecule has 0 aromatic carbocycles. The minimum atomic E-state index is -6.72. The molecule has 2 aliphatic rings. The SMILES string of the molecule is O=S(=O)([N-]S(=O)(=O)C(F)(F)F)C(F)(F)F.[CH3-].[CH]1[CH][CH][CH][CH]1.[CH]1[CH][CH][CH][CH]1.[Ti+4]. The maximum atomic E-state index is 11.4. The van der Waals surface area contributed by atoms with E-state index < -0.39 is 31.1 Å². The maximum Gasteiger partial charge on any atom is 4.00 e. The Hall–Kier alpha value is 0.154. The summed E-state index contributed by atoms with van der Waals surface area (Å²) in [6.45, 7) is 0. The molecular weight excluding hydrogens is 460 g/mol. The van der Waals surface area contributed by atoms with Crippen LogP contribution in [0, 0.1) is 71.6 Å². The largest absolute Gasteiger partial charge is 4.00 e. The Bertz CT molecular complexity index is 516. The Morgan fingerprint density at radius 3 is 0.778 bits per heavy atom. The van der Waals surface area contributed by atoms with E-state index in [2.05, 4.69) is 0 Å². The van der Waals surface area contributed by atoms with E-state index in [-0.39, 0.29) is 29.1 Å². The number of alkyl halides is 6. The molecule has 2 saturated carbocycles. The predicted molar refractivity (Wildman–Crippen MR) is 82.7 cm³/mol. The summed E-state index contributed by atoms with van der Waals surface area (Å²) in [4.78, 5) is 0. The topological polar surface area (TPSA) is 82.4 Å². The summed E-state index contributed by atoms with van der Waals surface area (Å²) in [5.74, 6) is 0. The minimum Gasteiger partial charge on any atom is -0.421 e. The van der Waals surface area contributed by atoms with Gasteiger partial charge in [0.15, 0.2) is 20.0 Å². The van der Waals surface area contributed by atoms with Crippen molar-refractivity contribution in [3.8, 4) is 0 Å². The fourth-order valence-electron chi connectivity index (χ4n) is 0.855. The van der Waals surface area contributed by atoms with E-state index in [1.54, 1.807) is 0 Å². The quantitative estimate of drug-likeness (QED) is 0.349. The van der Waals surface area contributed by atoms with Gasteiger partial charge >= 0.3 is 32.7 Å². The van der Waals surface area contributed by atoms with Crippen LogP contribution in [0.15, 0.2) is 0 Å². The standard InChI is InChI=1S/2C5H5.C2F6NO4S2.CH3.Ti/c2*1-2-4-5-3-1;3-1(4,5)14(10,11)9-15(12,13)2(6,7)8;;/h2*1-5H;;1H3;/q;;2*-1;+4. The number of sulfonamides is 2. The molecule has 0 unspecified atom stereocenters. The molecule has 0 heterocycles. The van der Waals surface area contributed by atoms with Crippen molar-refractivity contribution in [1.82, 2.24) is 0 Å². The number of rotatable bonds is 2. The molecule has 0 amide bonds. The predicted octanol–water partition coefficient (Wildman–Crippen LogP) is 3.55. The van der Waals surface area contributed by atoms with Crippen molar-refractivity contribution in [3.05, 3.63) is 75.8 Å².